The number of benzene rings is 2. The predicted molar refractivity (Wildman–Crippen MR) is 83.3 cm³/mol. The first kappa shape index (κ1) is 15.6. The molecule has 1 amide bonds. The molecule has 22 heavy (non-hydrogen) atoms. The maximum absolute atomic E-state index is 12.0. The Balaban J connectivity index is 2.01. The molecule has 0 radical (unpaired) electrons. The summed E-state index contributed by atoms with van der Waals surface area (Å²) >= 11 is 0. The molecule has 0 bridgehead atoms. The summed E-state index contributed by atoms with van der Waals surface area (Å²) in [6.07, 6.45) is 0.763. The highest BCUT2D eigenvalue weighted by Crippen LogP contribution is 2.20. The van der Waals surface area contributed by atoms with Gasteiger partial charge in [-0.2, -0.15) is 0 Å². The SMILES string of the molecule is COc1ccccc1CCC(=O)Nc1ccccc1C(=O)O. The zero-order valence-electron chi connectivity index (χ0n) is 12.2. The number of aromatic carboxylic acids is 1. The number of carboxylic acids is 1. The molecule has 0 heterocycles. The molecule has 0 atom stereocenters. The molecular weight excluding hydrogens is 282 g/mol. The van der Waals surface area contributed by atoms with Gasteiger partial charge in [-0.3, -0.25) is 4.79 Å². The van der Waals surface area contributed by atoms with E-state index >= 15 is 0 Å². The van der Waals surface area contributed by atoms with Gasteiger partial charge in [0, 0.05) is 6.42 Å². The topological polar surface area (TPSA) is 75.6 Å². The maximum atomic E-state index is 12.0. The number of carbonyl (C=O) groups is 2. The number of nitrogens with one attached hydrogen (secondary N) is 1. The molecule has 0 aromatic heterocycles. The zero-order chi connectivity index (χ0) is 15.9. The van der Waals surface area contributed by atoms with Crippen LogP contribution >= 0.6 is 0 Å². The van der Waals surface area contributed by atoms with E-state index in [0.717, 1.165) is 11.3 Å². The van der Waals surface area contributed by atoms with Gasteiger partial charge in [-0.25, -0.2) is 4.79 Å². The number of hydrogen-bond acceptors (Lipinski definition) is 3. The standard InChI is InChI=1S/C17H17NO4/c1-22-15-9-5-2-6-12(15)10-11-16(19)18-14-8-4-3-7-13(14)17(20)21/h2-9H,10-11H2,1H3,(H,18,19)(H,20,21). The molecule has 2 rings (SSSR count). The van der Waals surface area contributed by atoms with Crippen molar-refractivity contribution in [2.75, 3.05) is 12.4 Å². The molecule has 0 aliphatic rings. The van der Waals surface area contributed by atoms with E-state index in [1.54, 1.807) is 25.3 Å². The lowest BCUT2D eigenvalue weighted by atomic mass is 10.1. The Morgan fingerprint density at radius 1 is 1.09 bits per heavy atom. The van der Waals surface area contributed by atoms with Crippen LogP contribution in [0.1, 0.15) is 22.3 Å². The lowest BCUT2D eigenvalue weighted by molar-refractivity contribution is -0.116. The van der Waals surface area contributed by atoms with Crippen LogP contribution < -0.4 is 10.1 Å². The molecule has 0 spiro atoms. The second-order valence-corrected chi connectivity index (χ2v) is 4.71. The zero-order valence-corrected chi connectivity index (χ0v) is 12.2. The van der Waals surface area contributed by atoms with Crippen LogP contribution in [-0.2, 0) is 11.2 Å². The number of amides is 1. The third kappa shape index (κ3) is 3.85. The number of hydrogen-bond donors (Lipinski definition) is 2. The van der Waals surface area contributed by atoms with Crippen LogP contribution in [0.25, 0.3) is 0 Å². The number of para-hydroxylation sites is 2. The van der Waals surface area contributed by atoms with Gasteiger partial charge in [-0.05, 0) is 30.2 Å². The molecule has 5 heteroatoms. The summed E-state index contributed by atoms with van der Waals surface area (Å²) in [5.74, 6) is -0.568. The van der Waals surface area contributed by atoms with Crippen molar-refractivity contribution in [2.24, 2.45) is 0 Å². The molecule has 0 aliphatic heterocycles. The highest BCUT2D eigenvalue weighted by Gasteiger charge is 2.12. The third-order valence-electron chi connectivity index (χ3n) is 3.25. The Bertz CT molecular complexity index is 682. The average Bonchev–Trinajstić information content (AvgIpc) is 2.53. The third-order valence-corrected chi connectivity index (χ3v) is 3.25. The van der Waals surface area contributed by atoms with E-state index in [9.17, 15) is 9.59 Å². The highest BCUT2D eigenvalue weighted by atomic mass is 16.5. The first-order chi connectivity index (χ1) is 10.6. The van der Waals surface area contributed by atoms with Gasteiger partial charge in [0.05, 0.1) is 18.4 Å². The van der Waals surface area contributed by atoms with Gasteiger partial charge < -0.3 is 15.2 Å². The fourth-order valence-corrected chi connectivity index (χ4v) is 2.15. The number of carboxylic acid groups (broad SMARTS) is 1. The number of ether oxygens (including phenoxy) is 1. The monoisotopic (exact) mass is 299 g/mol. The van der Waals surface area contributed by atoms with E-state index < -0.39 is 5.97 Å². The number of carbonyl (C=O) groups excluding carboxylic acids is 1. The minimum absolute atomic E-state index is 0.0770. The van der Waals surface area contributed by atoms with E-state index in [0.29, 0.717) is 12.1 Å². The molecule has 5 nitrogen and oxygen atoms in total. The Kier molecular flexibility index (Phi) is 5.14. The van der Waals surface area contributed by atoms with E-state index in [-0.39, 0.29) is 17.9 Å². The second kappa shape index (κ2) is 7.26. The molecule has 2 aromatic carbocycles. The van der Waals surface area contributed by atoms with Crippen LogP contribution in [-0.4, -0.2) is 24.1 Å². The first-order valence-corrected chi connectivity index (χ1v) is 6.86. The molecular formula is C17H17NO4. The fourth-order valence-electron chi connectivity index (χ4n) is 2.15. The number of anilines is 1. The lowest BCUT2D eigenvalue weighted by Crippen LogP contribution is -2.15. The van der Waals surface area contributed by atoms with Crippen LogP contribution in [0, 0.1) is 0 Å². The van der Waals surface area contributed by atoms with E-state index in [1.807, 2.05) is 24.3 Å². The van der Waals surface area contributed by atoms with Crippen molar-refractivity contribution in [1.29, 1.82) is 0 Å². The summed E-state index contributed by atoms with van der Waals surface area (Å²) in [5.41, 5.74) is 1.32. The van der Waals surface area contributed by atoms with Gasteiger partial charge in [0.2, 0.25) is 5.91 Å². The Hall–Kier alpha value is -2.82. The van der Waals surface area contributed by atoms with Gasteiger partial charge in [0.15, 0.2) is 0 Å². The van der Waals surface area contributed by atoms with Gasteiger partial charge in [0.1, 0.15) is 5.75 Å². The van der Waals surface area contributed by atoms with Crippen molar-refractivity contribution >= 4 is 17.6 Å². The van der Waals surface area contributed by atoms with Crippen LogP contribution in [0.4, 0.5) is 5.69 Å². The van der Waals surface area contributed by atoms with E-state index in [2.05, 4.69) is 5.32 Å². The molecule has 0 saturated heterocycles. The minimum Gasteiger partial charge on any atom is -0.496 e. The van der Waals surface area contributed by atoms with Crippen molar-refractivity contribution < 1.29 is 19.4 Å². The number of rotatable bonds is 6. The Morgan fingerprint density at radius 2 is 1.77 bits per heavy atom. The maximum Gasteiger partial charge on any atom is 0.337 e. The summed E-state index contributed by atoms with van der Waals surface area (Å²) < 4.78 is 5.24. The van der Waals surface area contributed by atoms with E-state index in [1.165, 1.54) is 6.07 Å². The summed E-state index contributed by atoms with van der Waals surface area (Å²) in [7, 11) is 1.59. The van der Waals surface area contributed by atoms with Crippen LogP contribution in [0.2, 0.25) is 0 Å². The normalized spacial score (nSPS) is 10.0. The van der Waals surface area contributed by atoms with Crippen molar-refractivity contribution in [3.05, 3.63) is 59.7 Å². The summed E-state index contributed by atoms with van der Waals surface area (Å²) in [5, 5.41) is 11.7. The largest absolute Gasteiger partial charge is 0.496 e. The smallest absolute Gasteiger partial charge is 0.337 e. The van der Waals surface area contributed by atoms with Crippen molar-refractivity contribution in [3.63, 3.8) is 0 Å². The van der Waals surface area contributed by atoms with Crippen LogP contribution in [0.5, 0.6) is 5.75 Å². The molecule has 0 aliphatic carbocycles. The Labute approximate surface area is 128 Å². The van der Waals surface area contributed by atoms with E-state index in [4.69, 9.17) is 9.84 Å². The molecule has 2 aromatic rings. The van der Waals surface area contributed by atoms with Crippen LogP contribution in [0.15, 0.2) is 48.5 Å². The van der Waals surface area contributed by atoms with Gasteiger partial charge >= 0.3 is 5.97 Å². The molecule has 2 N–H and O–H groups in total. The summed E-state index contributed by atoms with van der Waals surface area (Å²) in [6, 6.07) is 13.8. The van der Waals surface area contributed by atoms with Crippen LogP contribution in [0.3, 0.4) is 0 Å². The quantitative estimate of drug-likeness (QED) is 0.860. The van der Waals surface area contributed by atoms with Gasteiger partial charge in [0.25, 0.3) is 0 Å². The molecule has 114 valence electrons. The van der Waals surface area contributed by atoms with Crippen molar-refractivity contribution in [2.45, 2.75) is 12.8 Å². The number of aryl methyl sites for hydroxylation is 1. The summed E-state index contributed by atoms with van der Waals surface area (Å²) in [4.78, 5) is 23.1. The van der Waals surface area contributed by atoms with Gasteiger partial charge in [-0.15, -0.1) is 0 Å². The second-order valence-electron chi connectivity index (χ2n) is 4.71. The first-order valence-electron chi connectivity index (χ1n) is 6.86. The lowest BCUT2D eigenvalue weighted by Gasteiger charge is -2.10. The average molecular weight is 299 g/mol. The predicted octanol–water partition coefficient (Wildman–Crippen LogP) is 2.96. The number of methoxy groups -OCH3 is 1. The minimum atomic E-state index is -1.07. The Morgan fingerprint density at radius 3 is 2.50 bits per heavy atom. The molecule has 0 unspecified atom stereocenters. The molecule has 0 saturated carbocycles. The summed E-state index contributed by atoms with van der Waals surface area (Å²) in [6.45, 7) is 0. The van der Waals surface area contributed by atoms with Crippen molar-refractivity contribution in [3.8, 4) is 5.75 Å². The highest BCUT2D eigenvalue weighted by molar-refractivity contribution is 6.00. The molecule has 0 fully saturated rings. The van der Waals surface area contributed by atoms with Gasteiger partial charge in [-0.1, -0.05) is 30.3 Å². The van der Waals surface area contributed by atoms with Crippen molar-refractivity contribution in [1.82, 2.24) is 0 Å². The fraction of sp³-hybridized carbons (Fsp3) is 0.176.